The Kier molecular flexibility index (Phi) is 4.84. The van der Waals surface area contributed by atoms with Crippen LogP contribution in [-0.2, 0) is 0 Å². The highest BCUT2D eigenvalue weighted by atomic mass is 32.2. The third kappa shape index (κ3) is 3.01. The molecular weight excluding hydrogens is 198 g/mol. The second-order valence-corrected chi connectivity index (χ2v) is 5.32. The van der Waals surface area contributed by atoms with Crippen LogP contribution in [0, 0.1) is 6.92 Å². The molecule has 0 spiro atoms. The van der Waals surface area contributed by atoms with Gasteiger partial charge in [-0.2, -0.15) is 11.8 Å². The van der Waals surface area contributed by atoms with Crippen molar-refractivity contribution in [3.05, 3.63) is 21.9 Å². The predicted octanol–water partition coefficient (Wildman–Crippen LogP) is 3.20. The van der Waals surface area contributed by atoms with Crippen LogP contribution in [0.15, 0.2) is 11.4 Å². The average Bonchev–Trinajstić information content (AvgIpc) is 2.54. The molecule has 0 bridgehead atoms. The molecule has 0 saturated carbocycles. The van der Waals surface area contributed by atoms with Gasteiger partial charge in [0.25, 0.3) is 0 Å². The summed E-state index contributed by atoms with van der Waals surface area (Å²) >= 11 is 3.81. The number of rotatable bonds is 5. The van der Waals surface area contributed by atoms with E-state index in [-0.39, 0.29) is 0 Å². The van der Waals surface area contributed by atoms with Gasteiger partial charge in [-0.25, -0.2) is 0 Å². The molecule has 1 nitrogen and oxygen atoms in total. The molecule has 1 aromatic heterocycles. The fourth-order valence-corrected chi connectivity index (χ4v) is 3.51. The van der Waals surface area contributed by atoms with Crippen LogP contribution in [0.4, 0.5) is 0 Å². The first-order chi connectivity index (χ1) is 6.29. The summed E-state index contributed by atoms with van der Waals surface area (Å²) in [5.74, 6) is 1.21. The molecule has 2 N–H and O–H groups in total. The van der Waals surface area contributed by atoms with E-state index in [9.17, 15) is 0 Å². The lowest BCUT2D eigenvalue weighted by molar-refractivity contribution is 0.947. The Morgan fingerprint density at radius 2 is 2.38 bits per heavy atom. The summed E-state index contributed by atoms with van der Waals surface area (Å²) in [6, 6.07) is 2.18. The van der Waals surface area contributed by atoms with Crippen LogP contribution >= 0.6 is 23.1 Å². The van der Waals surface area contributed by atoms with Crippen LogP contribution in [0.5, 0.6) is 0 Å². The van der Waals surface area contributed by atoms with Gasteiger partial charge >= 0.3 is 0 Å². The summed E-state index contributed by atoms with van der Waals surface area (Å²) in [4.78, 5) is 1.46. The van der Waals surface area contributed by atoms with E-state index in [4.69, 9.17) is 5.73 Å². The number of aryl methyl sites for hydroxylation is 1. The van der Waals surface area contributed by atoms with E-state index >= 15 is 0 Å². The molecule has 13 heavy (non-hydrogen) atoms. The maximum Gasteiger partial charge on any atom is 0.0516 e. The van der Waals surface area contributed by atoms with Crippen LogP contribution in [0.1, 0.15) is 29.0 Å². The molecule has 1 unspecified atom stereocenters. The highest BCUT2D eigenvalue weighted by Crippen LogP contribution is 2.33. The van der Waals surface area contributed by atoms with Crippen LogP contribution in [-0.4, -0.2) is 12.3 Å². The summed E-state index contributed by atoms with van der Waals surface area (Å²) in [6.45, 7) is 5.13. The molecule has 0 saturated heterocycles. The van der Waals surface area contributed by atoms with Crippen molar-refractivity contribution in [3.8, 4) is 0 Å². The van der Waals surface area contributed by atoms with Gasteiger partial charge in [0.15, 0.2) is 0 Å². The molecule has 0 aromatic carbocycles. The molecule has 0 aliphatic rings. The Morgan fingerprint density at radius 3 is 2.85 bits per heavy atom. The highest BCUT2D eigenvalue weighted by molar-refractivity contribution is 7.99. The molecule has 0 fully saturated rings. The first-order valence-electron chi connectivity index (χ1n) is 4.65. The van der Waals surface area contributed by atoms with Crippen LogP contribution in [0.25, 0.3) is 0 Å². The van der Waals surface area contributed by atoms with Gasteiger partial charge in [0.05, 0.1) is 5.25 Å². The van der Waals surface area contributed by atoms with Crippen molar-refractivity contribution >= 4 is 23.1 Å². The molecule has 1 atom stereocenters. The molecule has 0 aliphatic carbocycles. The Hall–Kier alpha value is 0.0100. The standard InChI is InChI=1S/C10H17NS2/c1-3-5-12-9(7-11)10-8(2)4-6-13-10/h4,6,9H,3,5,7,11H2,1-2H3. The van der Waals surface area contributed by atoms with Crippen molar-refractivity contribution < 1.29 is 0 Å². The zero-order valence-electron chi connectivity index (χ0n) is 8.25. The van der Waals surface area contributed by atoms with Crippen molar-refractivity contribution in [2.24, 2.45) is 5.73 Å². The zero-order chi connectivity index (χ0) is 9.68. The quantitative estimate of drug-likeness (QED) is 0.816. The molecular formula is C10H17NS2. The summed E-state index contributed by atoms with van der Waals surface area (Å²) in [5.41, 5.74) is 7.15. The average molecular weight is 215 g/mol. The minimum absolute atomic E-state index is 0.514. The van der Waals surface area contributed by atoms with Gasteiger partial charge in [-0.05, 0) is 36.1 Å². The summed E-state index contributed by atoms with van der Waals surface area (Å²) in [6.07, 6.45) is 1.23. The van der Waals surface area contributed by atoms with E-state index in [1.165, 1.54) is 22.6 Å². The SMILES string of the molecule is CCCSC(CN)c1sccc1C. The molecule has 0 aliphatic heterocycles. The lowest BCUT2D eigenvalue weighted by Crippen LogP contribution is -2.09. The van der Waals surface area contributed by atoms with E-state index in [0.717, 1.165) is 6.54 Å². The van der Waals surface area contributed by atoms with E-state index in [0.29, 0.717) is 5.25 Å². The van der Waals surface area contributed by atoms with Crippen molar-refractivity contribution in [2.45, 2.75) is 25.5 Å². The largest absolute Gasteiger partial charge is 0.329 e. The van der Waals surface area contributed by atoms with Crippen LogP contribution in [0.2, 0.25) is 0 Å². The lowest BCUT2D eigenvalue weighted by atomic mass is 10.2. The monoisotopic (exact) mass is 215 g/mol. The second-order valence-electron chi connectivity index (χ2n) is 3.06. The van der Waals surface area contributed by atoms with Crippen LogP contribution < -0.4 is 5.73 Å². The van der Waals surface area contributed by atoms with Gasteiger partial charge < -0.3 is 5.73 Å². The molecule has 1 aromatic rings. The smallest absolute Gasteiger partial charge is 0.0516 e. The summed E-state index contributed by atoms with van der Waals surface area (Å²) in [5, 5.41) is 2.67. The first-order valence-corrected chi connectivity index (χ1v) is 6.58. The number of nitrogens with two attached hydrogens (primary N) is 1. The van der Waals surface area contributed by atoms with Crippen molar-refractivity contribution in [1.82, 2.24) is 0 Å². The van der Waals surface area contributed by atoms with Gasteiger partial charge in [0.1, 0.15) is 0 Å². The van der Waals surface area contributed by atoms with E-state index in [1.807, 2.05) is 23.1 Å². The highest BCUT2D eigenvalue weighted by Gasteiger charge is 2.12. The Morgan fingerprint density at radius 1 is 1.62 bits per heavy atom. The molecule has 1 rings (SSSR count). The maximum absolute atomic E-state index is 5.76. The van der Waals surface area contributed by atoms with Gasteiger partial charge in [0.2, 0.25) is 0 Å². The normalized spacial score (nSPS) is 13.2. The molecule has 0 amide bonds. The number of thioether (sulfide) groups is 1. The summed E-state index contributed by atoms with van der Waals surface area (Å²) < 4.78 is 0. The molecule has 0 radical (unpaired) electrons. The van der Waals surface area contributed by atoms with E-state index in [2.05, 4.69) is 25.3 Å². The van der Waals surface area contributed by atoms with Gasteiger partial charge in [-0.3, -0.25) is 0 Å². The van der Waals surface area contributed by atoms with Crippen LogP contribution in [0.3, 0.4) is 0 Å². The Labute approximate surface area is 88.7 Å². The third-order valence-corrected chi connectivity index (χ3v) is 4.69. The fourth-order valence-electron chi connectivity index (χ4n) is 1.23. The molecule has 3 heteroatoms. The molecule has 74 valence electrons. The molecule has 1 heterocycles. The minimum atomic E-state index is 0.514. The fraction of sp³-hybridized carbons (Fsp3) is 0.600. The Balaban J connectivity index is 2.61. The van der Waals surface area contributed by atoms with E-state index < -0.39 is 0 Å². The minimum Gasteiger partial charge on any atom is -0.329 e. The van der Waals surface area contributed by atoms with Gasteiger partial charge in [0, 0.05) is 11.4 Å². The topological polar surface area (TPSA) is 26.0 Å². The lowest BCUT2D eigenvalue weighted by Gasteiger charge is -2.13. The van der Waals surface area contributed by atoms with Crippen molar-refractivity contribution in [3.63, 3.8) is 0 Å². The van der Waals surface area contributed by atoms with Gasteiger partial charge in [-0.1, -0.05) is 6.92 Å². The number of thiophene rings is 1. The first kappa shape index (κ1) is 11.1. The summed E-state index contributed by atoms with van der Waals surface area (Å²) in [7, 11) is 0. The maximum atomic E-state index is 5.76. The predicted molar refractivity (Wildman–Crippen MR) is 63.6 cm³/mol. The van der Waals surface area contributed by atoms with Crippen molar-refractivity contribution in [1.29, 1.82) is 0 Å². The van der Waals surface area contributed by atoms with Gasteiger partial charge in [-0.15, -0.1) is 11.3 Å². The van der Waals surface area contributed by atoms with E-state index in [1.54, 1.807) is 0 Å². The second kappa shape index (κ2) is 5.68. The van der Waals surface area contributed by atoms with Crippen molar-refractivity contribution in [2.75, 3.05) is 12.3 Å². The number of hydrogen-bond acceptors (Lipinski definition) is 3. The third-order valence-electron chi connectivity index (χ3n) is 1.93. The zero-order valence-corrected chi connectivity index (χ0v) is 9.88. The number of hydrogen-bond donors (Lipinski definition) is 1. The Bertz CT molecular complexity index is 245.